The lowest BCUT2D eigenvalue weighted by Crippen LogP contribution is -2.22. The molecule has 1 N–H and O–H groups in total. The summed E-state index contributed by atoms with van der Waals surface area (Å²) in [7, 11) is 0. The van der Waals surface area contributed by atoms with Gasteiger partial charge in [0.05, 0.1) is 31.9 Å². The Morgan fingerprint density at radius 1 is 1.08 bits per heavy atom. The molecule has 0 heterocycles. The van der Waals surface area contributed by atoms with Crippen molar-refractivity contribution in [2.24, 2.45) is 4.99 Å². The summed E-state index contributed by atoms with van der Waals surface area (Å²) in [5.41, 5.74) is 0.967. The number of ether oxygens (including phenoxy) is 2. The zero-order chi connectivity index (χ0) is 17.9. The lowest BCUT2D eigenvalue weighted by Gasteiger charge is -2.11. The first-order chi connectivity index (χ1) is 11.5. The Morgan fingerprint density at radius 3 is 2.25 bits per heavy atom. The zero-order valence-electron chi connectivity index (χ0n) is 14.2. The molecule has 6 nitrogen and oxygen atoms in total. The van der Waals surface area contributed by atoms with Crippen molar-refractivity contribution in [3.63, 3.8) is 0 Å². The van der Waals surface area contributed by atoms with E-state index in [1.54, 1.807) is 13.8 Å². The van der Waals surface area contributed by atoms with E-state index in [9.17, 15) is 14.7 Å². The molecule has 0 fully saturated rings. The number of rotatable bonds is 8. The predicted octanol–water partition coefficient (Wildman–Crippen LogP) is 2.98. The predicted molar refractivity (Wildman–Crippen MR) is 90.8 cm³/mol. The van der Waals surface area contributed by atoms with Crippen LogP contribution in [0.25, 0.3) is 0 Å². The SMILES string of the molecule is CCOC(=O)CC(=NCc1ccccc1)C(C(=O)OCC)=C(C)O. The molecular formula is C18H23NO5. The number of allylic oxidation sites excluding steroid dienone is 1. The van der Waals surface area contributed by atoms with Gasteiger partial charge in [0.25, 0.3) is 0 Å². The van der Waals surface area contributed by atoms with Crippen LogP contribution in [0.4, 0.5) is 0 Å². The minimum absolute atomic E-state index is 0.0964. The van der Waals surface area contributed by atoms with E-state index in [1.165, 1.54) is 6.92 Å². The number of hydrogen-bond donors (Lipinski definition) is 1. The van der Waals surface area contributed by atoms with Crippen LogP contribution in [0, 0.1) is 0 Å². The van der Waals surface area contributed by atoms with Gasteiger partial charge >= 0.3 is 11.9 Å². The summed E-state index contributed by atoms with van der Waals surface area (Å²) >= 11 is 0. The summed E-state index contributed by atoms with van der Waals surface area (Å²) in [6, 6.07) is 9.38. The van der Waals surface area contributed by atoms with Crippen molar-refractivity contribution in [3.8, 4) is 0 Å². The molecule has 0 bridgehead atoms. The molecule has 0 unspecified atom stereocenters. The van der Waals surface area contributed by atoms with Crippen LogP contribution in [0.15, 0.2) is 46.7 Å². The van der Waals surface area contributed by atoms with Crippen LogP contribution in [-0.2, 0) is 25.6 Å². The maximum Gasteiger partial charge on any atom is 0.343 e. The summed E-state index contributed by atoms with van der Waals surface area (Å²) in [6.45, 7) is 5.36. The van der Waals surface area contributed by atoms with Crippen molar-refractivity contribution in [2.45, 2.75) is 33.7 Å². The molecule has 0 aliphatic carbocycles. The summed E-state index contributed by atoms with van der Waals surface area (Å²) in [6.07, 6.45) is -0.216. The van der Waals surface area contributed by atoms with Crippen molar-refractivity contribution < 1.29 is 24.2 Å². The fraction of sp³-hybridized carbons (Fsp3) is 0.389. The molecule has 6 heteroatoms. The van der Waals surface area contributed by atoms with Crippen LogP contribution >= 0.6 is 0 Å². The topological polar surface area (TPSA) is 85.2 Å². The van der Waals surface area contributed by atoms with E-state index >= 15 is 0 Å². The maximum absolute atomic E-state index is 12.1. The molecule has 0 aromatic heterocycles. The van der Waals surface area contributed by atoms with Crippen molar-refractivity contribution >= 4 is 17.7 Å². The van der Waals surface area contributed by atoms with Gasteiger partial charge in [-0.3, -0.25) is 9.79 Å². The van der Waals surface area contributed by atoms with Crippen molar-refractivity contribution in [1.29, 1.82) is 0 Å². The molecule has 0 aliphatic heterocycles. The molecule has 0 saturated carbocycles. The molecular weight excluding hydrogens is 310 g/mol. The number of carbonyl (C=O) groups is 2. The molecule has 1 aromatic carbocycles. The molecule has 0 atom stereocenters. The summed E-state index contributed by atoms with van der Waals surface area (Å²) in [5, 5.41) is 9.87. The third-order valence-corrected chi connectivity index (χ3v) is 3.04. The van der Waals surface area contributed by atoms with Gasteiger partial charge in [0.2, 0.25) is 0 Å². The Bertz CT molecular complexity index is 616. The number of esters is 2. The second-order valence-corrected chi connectivity index (χ2v) is 4.91. The van der Waals surface area contributed by atoms with Gasteiger partial charge in [0.1, 0.15) is 11.3 Å². The molecule has 0 radical (unpaired) electrons. The van der Waals surface area contributed by atoms with E-state index in [1.807, 2.05) is 30.3 Å². The number of carbonyl (C=O) groups excluding carboxylic acids is 2. The molecule has 1 rings (SSSR count). The second kappa shape index (κ2) is 10.2. The van der Waals surface area contributed by atoms with E-state index in [2.05, 4.69) is 4.99 Å². The van der Waals surface area contributed by atoms with Gasteiger partial charge in [-0.05, 0) is 26.3 Å². The fourth-order valence-electron chi connectivity index (χ4n) is 2.02. The molecule has 1 aromatic rings. The summed E-state index contributed by atoms with van der Waals surface area (Å²) < 4.78 is 9.87. The molecule has 130 valence electrons. The normalized spacial score (nSPS) is 12.4. The molecule has 0 spiro atoms. The Morgan fingerprint density at radius 2 is 1.71 bits per heavy atom. The monoisotopic (exact) mass is 333 g/mol. The van der Waals surface area contributed by atoms with Gasteiger partial charge in [0.15, 0.2) is 0 Å². The fourth-order valence-corrected chi connectivity index (χ4v) is 2.02. The van der Waals surface area contributed by atoms with E-state index in [0.29, 0.717) is 0 Å². The average Bonchev–Trinajstić information content (AvgIpc) is 2.53. The van der Waals surface area contributed by atoms with Crippen LogP contribution in [-0.4, -0.2) is 36.0 Å². The third-order valence-electron chi connectivity index (χ3n) is 3.04. The highest BCUT2D eigenvalue weighted by Crippen LogP contribution is 2.13. The van der Waals surface area contributed by atoms with Gasteiger partial charge in [-0.25, -0.2) is 4.79 Å². The van der Waals surface area contributed by atoms with E-state index in [4.69, 9.17) is 9.47 Å². The van der Waals surface area contributed by atoms with Gasteiger partial charge in [0, 0.05) is 0 Å². The number of nitrogens with zero attached hydrogens (tertiary/aromatic N) is 1. The highest BCUT2D eigenvalue weighted by atomic mass is 16.5. The van der Waals surface area contributed by atoms with E-state index < -0.39 is 11.9 Å². The number of benzene rings is 1. The summed E-state index contributed by atoms with van der Waals surface area (Å²) in [4.78, 5) is 28.3. The van der Waals surface area contributed by atoms with Crippen molar-refractivity contribution in [2.75, 3.05) is 13.2 Å². The number of aliphatic imine (C=N–C) groups is 1. The molecule has 0 amide bonds. The number of aliphatic hydroxyl groups is 1. The van der Waals surface area contributed by atoms with Gasteiger partial charge in [-0.15, -0.1) is 0 Å². The largest absolute Gasteiger partial charge is 0.512 e. The quantitative estimate of drug-likeness (QED) is 0.342. The van der Waals surface area contributed by atoms with Crippen molar-refractivity contribution in [1.82, 2.24) is 0 Å². The van der Waals surface area contributed by atoms with Gasteiger partial charge < -0.3 is 14.6 Å². The average molecular weight is 333 g/mol. The minimum Gasteiger partial charge on any atom is -0.512 e. The Kier molecular flexibility index (Phi) is 8.25. The number of hydrogen-bond acceptors (Lipinski definition) is 6. The minimum atomic E-state index is -0.714. The third kappa shape index (κ3) is 6.24. The van der Waals surface area contributed by atoms with Gasteiger partial charge in [-0.2, -0.15) is 0 Å². The standard InChI is InChI=1S/C18H23NO5/c1-4-23-16(21)11-15(17(13(3)20)18(22)24-5-2)19-12-14-9-7-6-8-10-14/h6-10,20H,4-5,11-12H2,1-3H3. The first-order valence-electron chi connectivity index (χ1n) is 7.79. The molecule has 0 aliphatic rings. The first-order valence-corrected chi connectivity index (χ1v) is 7.79. The smallest absolute Gasteiger partial charge is 0.343 e. The highest BCUT2D eigenvalue weighted by Gasteiger charge is 2.23. The highest BCUT2D eigenvalue weighted by molar-refractivity contribution is 6.23. The molecule has 24 heavy (non-hydrogen) atoms. The van der Waals surface area contributed by atoms with Gasteiger partial charge in [-0.1, -0.05) is 30.3 Å². The Labute approximate surface area is 141 Å². The number of aliphatic hydroxyl groups excluding tert-OH is 1. The van der Waals surface area contributed by atoms with Crippen molar-refractivity contribution in [3.05, 3.63) is 47.2 Å². The summed E-state index contributed by atoms with van der Waals surface area (Å²) in [5.74, 6) is -1.48. The van der Waals surface area contributed by atoms with E-state index in [-0.39, 0.29) is 43.2 Å². The lowest BCUT2D eigenvalue weighted by atomic mass is 10.1. The first kappa shape index (κ1) is 19.4. The Hall–Kier alpha value is -2.63. The molecule has 0 saturated heterocycles. The van der Waals surface area contributed by atoms with Crippen LogP contribution in [0.5, 0.6) is 0 Å². The second-order valence-electron chi connectivity index (χ2n) is 4.91. The van der Waals surface area contributed by atoms with E-state index in [0.717, 1.165) is 5.56 Å². The van der Waals surface area contributed by atoms with Crippen LogP contribution in [0.2, 0.25) is 0 Å². The van der Waals surface area contributed by atoms with Crippen LogP contribution in [0.1, 0.15) is 32.8 Å². The van der Waals surface area contributed by atoms with Crippen LogP contribution < -0.4 is 0 Å². The Balaban J connectivity index is 3.13. The van der Waals surface area contributed by atoms with Crippen LogP contribution in [0.3, 0.4) is 0 Å². The lowest BCUT2D eigenvalue weighted by molar-refractivity contribution is -0.141. The maximum atomic E-state index is 12.1. The zero-order valence-corrected chi connectivity index (χ0v) is 14.2.